The van der Waals surface area contributed by atoms with Crippen LogP contribution in [0, 0.1) is 5.82 Å². The van der Waals surface area contributed by atoms with Gasteiger partial charge in [-0.3, -0.25) is 9.78 Å². The molecule has 0 atom stereocenters. The van der Waals surface area contributed by atoms with E-state index in [9.17, 15) is 9.18 Å². The summed E-state index contributed by atoms with van der Waals surface area (Å²) in [4.78, 5) is 18.8. The summed E-state index contributed by atoms with van der Waals surface area (Å²) in [6, 6.07) is 15.6. The van der Waals surface area contributed by atoms with Crippen LogP contribution in [0.5, 0.6) is 0 Å². The van der Waals surface area contributed by atoms with E-state index >= 15 is 0 Å². The highest BCUT2D eigenvalue weighted by Crippen LogP contribution is 2.29. The van der Waals surface area contributed by atoms with Gasteiger partial charge in [0.15, 0.2) is 0 Å². The maximum absolute atomic E-state index is 13.4. The van der Waals surface area contributed by atoms with Gasteiger partial charge in [0.25, 0.3) is 5.56 Å². The monoisotopic (exact) mass is 394 g/mol. The normalized spacial score (nSPS) is 10.8. The molecule has 0 saturated heterocycles. The fraction of sp³-hybridized carbons (Fsp3) is 0.0476. The lowest BCUT2D eigenvalue weighted by Crippen LogP contribution is -2.14. The Morgan fingerprint density at radius 2 is 1.93 bits per heavy atom. The van der Waals surface area contributed by atoms with Crippen molar-refractivity contribution in [2.45, 2.75) is 6.54 Å². The average Bonchev–Trinajstić information content (AvgIpc) is 2.70. The number of aromatic nitrogens is 2. The molecule has 0 radical (unpaired) electrons. The van der Waals surface area contributed by atoms with Crippen LogP contribution >= 0.6 is 11.6 Å². The summed E-state index contributed by atoms with van der Waals surface area (Å²) in [5, 5.41) is 7.45. The van der Waals surface area contributed by atoms with Crippen molar-refractivity contribution in [3.05, 3.63) is 93.7 Å². The molecule has 4 rings (SSSR count). The van der Waals surface area contributed by atoms with Crippen molar-refractivity contribution in [2.24, 2.45) is 0 Å². The maximum atomic E-state index is 13.4. The highest BCUT2D eigenvalue weighted by atomic mass is 35.5. The summed E-state index contributed by atoms with van der Waals surface area (Å²) in [6.07, 6.45) is 3.31. The third kappa shape index (κ3) is 3.82. The number of fused-ring (bicyclic) bond motifs is 1. The van der Waals surface area contributed by atoms with Crippen LogP contribution in [-0.4, -0.2) is 9.97 Å². The number of nitrogens with one attached hydrogen (secondary N) is 3. The second-order valence-electron chi connectivity index (χ2n) is 6.22. The minimum atomic E-state index is -0.464. The van der Waals surface area contributed by atoms with E-state index in [0.717, 1.165) is 22.3 Å². The summed E-state index contributed by atoms with van der Waals surface area (Å²) in [5.74, 6) is -0.464. The molecule has 4 aromatic rings. The molecule has 0 aliphatic rings. The average molecular weight is 395 g/mol. The summed E-state index contributed by atoms with van der Waals surface area (Å²) < 4.78 is 13.4. The van der Waals surface area contributed by atoms with Crippen LogP contribution in [0.4, 0.5) is 21.5 Å². The molecule has 0 spiro atoms. The number of hydrogen-bond donors (Lipinski definition) is 3. The molecule has 3 N–H and O–H groups in total. The third-order valence-corrected chi connectivity index (χ3v) is 4.61. The molecule has 0 amide bonds. The van der Waals surface area contributed by atoms with Crippen molar-refractivity contribution in [3.8, 4) is 0 Å². The number of H-pyrrole nitrogens is 1. The topological polar surface area (TPSA) is 69.8 Å². The molecular formula is C21H16ClFN4O. The molecule has 0 saturated carbocycles. The number of aromatic amines is 1. The molecular weight excluding hydrogens is 379 g/mol. The number of halogens is 2. The molecule has 2 aromatic carbocycles. The first-order valence-corrected chi connectivity index (χ1v) is 8.99. The van der Waals surface area contributed by atoms with Crippen LogP contribution in [0.2, 0.25) is 5.02 Å². The first-order chi connectivity index (χ1) is 13.6. The second kappa shape index (κ2) is 7.70. The predicted molar refractivity (Wildman–Crippen MR) is 111 cm³/mol. The van der Waals surface area contributed by atoms with E-state index in [2.05, 4.69) is 20.6 Å². The van der Waals surface area contributed by atoms with E-state index < -0.39 is 5.82 Å². The standard InChI is InChI=1S/C21H16ClFN4O/c22-17-11-15(3-5-18(17)23)27-20-7-9-24-19-6-4-14(10-16(19)20)26-12-13-2-1-8-25-21(13)28/h1-11,26H,12H2,(H,24,27)(H,25,28). The highest BCUT2D eigenvalue weighted by molar-refractivity contribution is 6.31. The first kappa shape index (κ1) is 18.0. The van der Waals surface area contributed by atoms with Gasteiger partial charge in [-0.25, -0.2) is 4.39 Å². The molecule has 7 heteroatoms. The third-order valence-electron chi connectivity index (χ3n) is 4.32. The van der Waals surface area contributed by atoms with Gasteiger partial charge in [0, 0.05) is 47.0 Å². The van der Waals surface area contributed by atoms with E-state index in [1.807, 2.05) is 24.3 Å². The number of pyridine rings is 2. The fourth-order valence-corrected chi connectivity index (χ4v) is 3.07. The molecule has 0 fully saturated rings. The van der Waals surface area contributed by atoms with Crippen LogP contribution < -0.4 is 16.2 Å². The zero-order chi connectivity index (χ0) is 19.5. The summed E-state index contributed by atoms with van der Waals surface area (Å²) >= 11 is 5.87. The van der Waals surface area contributed by atoms with Gasteiger partial charge in [0.2, 0.25) is 0 Å². The van der Waals surface area contributed by atoms with Crippen molar-refractivity contribution in [3.63, 3.8) is 0 Å². The van der Waals surface area contributed by atoms with Crippen molar-refractivity contribution >= 4 is 39.6 Å². The quantitative estimate of drug-likeness (QED) is 0.442. The van der Waals surface area contributed by atoms with E-state index in [1.54, 1.807) is 30.6 Å². The number of anilines is 3. The number of nitrogens with zero attached hydrogens (tertiary/aromatic N) is 1. The smallest absolute Gasteiger partial charge is 0.252 e. The van der Waals surface area contributed by atoms with Crippen molar-refractivity contribution < 1.29 is 4.39 Å². The summed E-state index contributed by atoms with van der Waals surface area (Å²) in [7, 11) is 0. The van der Waals surface area contributed by atoms with Crippen LogP contribution in [0.15, 0.2) is 71.8 Å². The Morgan fingerprint density at radius 1 is 1.07 bits per heavy atom. The largest absolute Gasteiger partial charge is 0.381 e. The van der Waals surface area contributed by atoms with E-state index in [-0.39, 0.29) is 10.6 Å². The minimum Gasteiger partial charge on any atom is -0.381 e. The van der Waals surface area contributed by atoms with E-state index in [1.165, 1.54) is 12.1 Å². The SMILES string of the molecule is O=c1[nH]cccc1CNc1ccc2nccc(Nc3ccc(F)c(Cl)c3)c2c1. The van der Waals surface area contributed by atoms with Crippen LogP contribution in [0.25, 0.3) is 10.9 Å². The predicted octanol–water partition coefficient (Wildman–Crippen LogP) is 5.07. The Morgan fingerprint density at radius 3 is 2.75 bits per heavy atom. The fourth-order valence-electron chi connectivity index (χ4n) is 2.89. The molecule has 0 aliphatic heterocycles. The molecule has 2 aromatic heterocycles. The molecule has 140 valence electrons. The Labute approximate surface area is 165 Å². The lowest BCUT2D eigenvalue weighted by Gasteiger charge is -2.12. The summed E-state index contributed by atoms with van der Waals surface area (Å²) in [6.45, 7) is 0.401. The van der Waals surface area contributed by atoms with Crippen LogP contribution in [0.3, 0.4) is 0 Å². The van der Waals surface area contributed by atoms with Crippen molar-refractivity contribution in [2.75, 3.05) is 10.6 Å². The number of hydrogen-bond acceptors (Lipinski definition) is 4. The molecule has 2 heterocycles. The minimum absolute atomic E-state index is 0.0544. The number of rotatable bonds is 5. The van der Waals surface area contributed by atoms with Gasteiger partial charge in [-0.1, -0.05) is 17.7 Å². The summed E-state index contributed by atoms with van der Waals surface area (Å²) in [5.41, 5.74) is 3.67. The van der Waals surface area contributed by atoms with Crippen LogP contribution in [-0.2, 0) is 6.54 Å². The van der Waals surface area contributed by atoms with Gasteiger partial charge in [0.1, 0.15) is 5.82 Å². The van der Waals surface area contributed by atoms with Crippen LogP contribution in [0.1, 0.15) is 5.56 Å². The molecule has 0 bridgehead atoms. The lowest BCUT2D eigenvalue weighted by atomic mass is 10.1. The van der Waals surface area contributed by atoms with E-state index in [4.69, 9.17) is 11.6 Å². The van der Waals surface area contributed by atoms with Crippen molar-refractivity contribution in [1.82, 2.24) is 9.97 Å². The first-order valence-electron chi connectivity index (χ1n) is 8.61. The lowest BCUT2D eigenvalue weighted by molar-refractivity contribution is 0.628. The van der Waals surface area contributed by atoms with Crippen molar-refractivity contribution in [1.29, 1.82) is 0 Å². The zero-order valence-corrected chi connectivity index (χ0v) is 15.4. The Balaban J connectivity index is 1.62. The maximum Gasteiger partial charge on any atom is 0.252 e. The van der Waals surface area contributed by atoms with Gasteiger partial charge in [0.05, 0.1) is 10.5 Å². The van der Waals surface area contributed by atoms with E-state index in [0.29, 0.717) is 17.8 Å². The van der Waals surface area contributed by atoms with Gasteiger partial charge in [-0.15, -0.1) is 0 Å². The second-order valence-corrected chi connectivity index (χ2v) is 6.63. The Bertz CT molecular complexity index is 1210. The van der Waals surface area contributed by atoms with Gasteiger partial charge in [-0.2, -0.15) is 0 Å². The zero-order valence-electron chi connectivity index (χ0n) is 14.7. The molecule has 0 unspecified atom stereocenters. The number of benzene rings is 2. The molecule has 5 nitrogen and oxygen atoms in total. The van der Waals surface area contributed by atoms with Gasteiger partial charge in [-0.05, 0) is 48.5 Å². The molecule has 0 aliphatic carbocycles. The Hall–Kier alpha value is -3.38. The highest BCUT2D eigenvalue weighted by Gasteiger charge is 2.07. The molecule has 28 heavy (non-hydrogen) atoms. The Kier molecular flexibility index (Phi) is 4.95. The van der Waals surface area contributed by atoms with Gasteiger partial charge < -0.3 is 15.6 Å². The van der Waals surface area contributed by atoms with Gasteiger partial charge >= 0.3 is 0 Å².